The molecule has 0 aromatic heterocycles. The van der Waals surface area contributed by atoms with Crippen LogP contribution >= 0.6 is 0 Å². The first-order chi connectivity index (χ1) is 3.80. The van der Waals surface area contributed by atoms with Crippen LogP contribution in [0.25, 0.3) is 0 Å². The molecule has 1 aliphatic carbocycles. The minimum absolute atomic E-state index is 0.101. The molecule has 0 saturated heterocycles. The molecular formula is C6H12N2. The summed E-state index contributed by atoms with van der Waals surface area (Å²) in [5.41, 5.74) is 11.2. The maximum atomic E-state index is 5.60. The molecule has 0 amide bonds. The zero-order valence-electron chi connectivity index (χ0n) is 4.88. The molecule has 1 aliphatic rings. The van der Waals surface area contributed by atoms with Crippen LogP contribution in [0.4, 0.5) is 0 Å². The molecule has 0 unspecified atom stereocenters. The van der Waals surface area contributed by atoms with Gasteiger partial charge in [-0.25, -0.2) is 0 Å². The molecule has 0 radical (unpaired) electrons. The first-order valence-corrected chi connectivity index (χ1v) is 2.98. The van der Waals surface area contributed by atoms with Crippen molar-refractivity contribution in [3.63, 3.8) is 0 Å². The maximum Gasteiger partial charge on any atom is 0.0378 e. The first kappa shape index (κ1) is 5.79. The molecule has 2 heteroatoms. The van der Waals surface area contributed by atoms with Crippen LogP contribution in [0.2, 0.25) is 0 Å². The Morgan fingerprint density at radius 3 is 2.50 bits per heavy atom. The van der Waals surface area contributed by atoms with Crippen molar-refractivity contribution < 1.29 is 0 Å². The van der Waals surface area contributed by atoms with Gasteiger partial charge >= 0.3 is 0 Å². The van der Waals surface area contributed by atoms with E-state index in [-0.39, 0.29) is 12.1 Å². The molecule has 0 fully saturated rings. The van der Waals surface area contributed by atoms with Crippen LogP contribution in [-0.2, 0) is 0 Å². The van der Waals surface area contributed by atoms with Crippen molar-refractivity contribution >= 4 is 0 Å². The molecule has 46 valence electrons. The van der Waals surface area contributed by atoms with E-state index in [0.29, 0.717) is 0 Å². The highest BCUT2D eigenvalue weighted by atomic mass is 14.8. The molecular weight excluding hydrogens is 100 g/mol. The third-order valence-corrected chi connectivity index (χ3v) is 1.52. The van der Waals surface area contributed by atoms with E-state index in [0.717, 1.165) is 12.8 Å². The van der Waals surface area contributed by atoms with Gasteiger partial charge in [0.15, 0.2) is 0 Å². The fourth-order valence-electron chi connectivity index (χ4n) is 0.877. The average molecular weight is 112 g/mol. The molecule has 0 heterocycles. The Labute approximate surface area is 49.5 Å². The van der Waals surface area contributed by atoms with Gasteiger partial charge in [-0.3, -0.25) is 0 Å². The first-order valence-electron chi connectivity index (χ1n) is 2.98. The minimum Gasteiger partial charge on any atom is -0.326 e. The van der Waals surface area contributed by atoms with Crippen LogP contribution in [0.5, 0.6) is 0 Å². The molecule has 8 heavy (non-hydrogen) atoms. The van der Waals surface area contributed by atoms with Crippen molar-refractivity contribution in [2.45, 2.75) is 24.9 Å². The molecule has 0 bridgehead atoms. The average Bonchev–Trinajstić information content (AvgIpc) is 1.77. The Balaban J connectivity index is 2.47. The van der Waals surface area contributed by atoms with Crippen molar-refractivity contribution in [2.24, 2.45) is 11.5 Å². The Bertz CT molecular complexity index is 98.7. The van der Waals surface area contributed by atoms with Crippen molar-refractivity contribution in [3.05, 3.63) is 12.2 Å². The van der Waals surface area contributed by atoms with Crippen LogP contribution in [0.1, 0.15) is 12.8 Å². The fraction of sp³-hybridized carbons (Fsp3) is 0.667. The number of hydrogen-bond donors (Lipinski definition) is 2. The normalized spacial score (nSPS) is 37.8. The van der Waals surface area contributed by atoms with Gasteiger partial charge in [0.2, 0.25) is 0 Å². The van der Waals surface area contributed by atoms with Crippen LogP contribution in [-0.4, -0.2) is 12.1 Å². The summed E-state index contributed by atoms with van der Waals surface area (Å²) in [5.74, 6) is 0. The zero-order chi connectivity index (χ0) is 5.98. The summed E-state index contributed by atoms with van der Waals surface area (Å²) in [5, 5.41) is 0. The zero-order valence-corrected chi connectivity index (χ0v) is 4.88. The summed E-state index contributed by atoms with van der Waals surface area (Å²) >= 11 is 0. The van der Waals surface area contributed by atoms with Gasteiger partial charge in [-0.05, 0) is 12.8 Å². The number of hydrogen-bond acceptors (Lipinski definition) is 2. The Kier molecular flexibility index (Phi) is 1.65. The number of rotatable bonds is 0. The SMILES string of the molecule is N[C@H]1C=CCC[C@@H]1N. The molecule has 2 nitrogen and oxygen atoms in total. The predicted octanol–water partition coefficient (Wildman–Crippen LogP) is -0.00900. The van der Waals surface area contributed by atoms with E-state index in [9.17, 15) is 0 Å². The molecule has 2 atom stereocenters. The van der Waals surface area contributed by atoms with Gasteiger partial charge in [0, 0.05) is 12.1 Å². The molecule has 0 aromatic carbocycles. The molecule has 0 saturated carbocycles. The third kappa shape index (κ3) is 1.08. The molecule has 1 rings (SSSR count). The standard InChI is InChI=1S/C6H12N2/c7-5-3-1-2-4-6(5)8/h1,3,5-6H,2,4,7-8H2/t5-,6-/m0/s1. The number of nitrogens with two attached hydrogens (primary N) is 2. The third-order valence-electron chi connectivity index (χ3n) is 1.52. The summed E-state index contributed by atoms with van der Waals surface area (Å²) in [6.45, 7) is 0. The fourth-order valence-corrected chi connectivity index (χ4v) is 0.877. The second kappa shape index (κ2) is 2.29. The van der Waals surface area contributed by atoms with E-state index in [1.165, 1.54) is 0 Å². The van der Waals surface area contributed by atoms with Crippen LogP contribution in [0, 0.1) is 0 Å². The van der Waals surface area contributed by atoms with Crippen LogP contribution in [0.15, 0.2) is 12.2 Å². The van der Waals surface area contributed by atoms with Crippen molar-refractivity contribution in [3.8, 4) is 0 Å². The molecule has 4 N–H and O–H groups in total. The summed E-state index contributed by atoms with van der Waals surface area (Å²) in [4.78, 5) is 0. The van der Waals surface area contributed by atoms with Gasteiger partial charge in [-0.2, -0.15) is 0 Å². The van der Waals surface area contributed by atoms with Gasteiger partial charge in [0.05, 0.1) is 0 Å². The van der Waals surface area contributed by atoms with Gasteiger partial charge in [-0.15, -0.1) is 0 Å². The number of allylic oxidation sites excluding steroid dienone is 1. The Morgan fingerprint density at radius 1 is 1.38 bits per heavy atom. The smallest absolute Gasteiger partial charge is 0.0378 e. The lowest BCUT2D eigenvalue weighted by Gasteiger charge is -2.19. The largest absolute Gasteiger partial charge is 0.326 e. The van der Waals surface area contributed by atoms with Gasteiger partial charge in [-0.1, -0.05) is 12.2 Å². The Hall–Kier alpha value is -0.340. The summed E-state index contributed by atoms with van der Waals surface area (Å²) in [6, 6.07) is 0.295. The lowest BCUT2D eigenvalue weighted by Crippen LogP contribution is -2.41. The molecule has 0 aromatic rings. The highest BCUT2D eigenvalue weighted by molar-refractivity contribution is 5.01. The van der Waals surface area contributed by atoms with Crippen molar-refractivity contribution in [2.75, 3.05) is 0 Å². The monoisotopic (exact) mass is 112 g/mol. The maximum absolute atomic E-state index is 5.60. The lowest BCUT2D eigenvalue weighted by molar-refractivity contribution is 0.541. The van der Waals surface area contributed by atoms with Gasteiger partial charge in [0.1, 0.15) is 0 Å². The lowest BCUT2D eigenvalue weighted by atomic mass is 9.99. The van der Waals surface area contributed by atoms with E-state index in [2.05, 4.69) is 6.08 Å². The topological polar surface area (TPSA) is 52.0 Å². The van der Waals surface area contributed by atoms with E-state index >= 15 is 0 Å². The van der Waals surface area contributed by atoms with Gasteiger partial charge < -0.3 is 11.5 Å². The van der Waals surface area contributed by atoms with Crippen LogP contribution in [0.3, 0.4) is 0 Å². The minimum atomic E-state index is 0.101. The summed E-state index contributed by atoms with van der Waals surface area (Å²) in [7, 11) is 0. The summed E-state index contributed by atoms with van der Waals surface area (Å²) in [6.07, 6.45) is 6.20. The van der Waals surface area contributed by atoms with Crippen molar-refractivity contribution in [1.29, 1.82) is 0 Å². The highest BCUT2D eigenvalue weighted by Crippen LogP contribution is 2.06. The van der Waals surface area contributed by atoms with E-state index in [4.69, 9.17) is 11.5 Å². The molecule has 0 aliphatic heterocycles. The van der Waals surface area contributed by atoms with Crippen molar-refractivity contribution in [1.82, 2.24) is 0 Å². The quantitative estimate of drug-likeness (QED) is 0.433. The highest BCUT2D eigenvalue weighted by Gasteiger charge is 2.11. The molecule has 0 spiro atoms. The van der Waals surface area contributed by atoms with Gasteiger partial charge in [0.25, 0.3) is 0 Å². The van der Waals surface area contributed by atoms with E-state index in [1.807, 2.05) is 6.08 Å². The predicted molar refractivity (Wildman–Crippen MR) is 34.3 cm³/mol. The summed E-state index contributed by atoms with van der Waals surface area (Å²) < 4.78 is 0. The Morgan fingerprint density at radius 2 is 2.12 bits per heavy atom. The second-order valence-electron chi connectivity index (χ2n) is 2.25. The van der Waals surface area contributed by atoms with E-state index < -0.39 is 0 Å². The van der Waals surface area contributed by atoms with Crippen LogP contribution < -0.4 is 11.5 Å². The second-order valence-corrected chi connectivity index (χ2v) is 2.25. The van der Waals surface area contributed by atoms with E-state index in [1.54, 1.807) is 0 Å².